The van der Waals surface area contributed by atoms with E-state index in [9.17, 15) is 4.79 Å². The number of carbonyl (C=O) groups is 1. The smallest absolute Gasteiger partial charge is 0.410 e. The van der Waals surface area contributed by atoms with Gasteiger partial charge in [-0.3, -0.25) is 4.90 Å². The molecule has 0 aromatic carbocycles. The van der Waals surface area contributed by atoms with Gasteiger partial charge >= 0.3 is 6.09 Å². The monoisotopic (exact) mass is 262 g/mol. The number of carbonyl (C=O) groups excluding carboxylic acids is 1. The van der Waals surface area contributed by atoms with E-state index in [1.165, 1.54) is 4.90 Å². The fourth-order valence-corrected chi connectivity index (χ4v) is 2.01. The van der Waals surface area contributed by atoms with Crippen molar-refractivity contribution in [1.82, 2.24) is 4.90 Å². The molecule has 0 bridgehead atoms. The van der Waals surface area contributed by atoms with E-state index in [0.717, 1.165) is 12.8 Å². The number of hydrogen-bond donors (Lipinski definition) is 1. The fraction of sp³-hybridized carbons (Fsp3) is 0.818. The van der Waals surface area contributed by atoms with Crippen molar-refractivity contribution in [2.24, 2.45) is 5.16 Å². The molecule has 0 radical (unpaired) electrons. The number of hydrogen-bond acceptors (Lipinski definition) is 4. The van der Waals surface area contributed by atoms with Gasteiger partial charge in [0.25, 0.3) is 0 Å². The lowest BCUT2D eigenvalue weighted by atomic mass is 10.0. The maximum Gasteiger partial charge on any atom is 0.410 e. The number of nitrogens with zero attached hydrogens (tertiary/aromatic N) is 2. The summed E-state index contributed by atoms with van der Waals surface area (Å²) >= 11 is 5.80. The Hall–Kier alpha value is -0.970. The number of rotatable bonds is 1. The molecule has 0 aromatic rings. The quantitative estimate of drug-likeness (QED) is 0.449. The molecule has 6 heteroatoms. The molecule has 1 unspecified atom stereocenters. The van der Waals surface area contributed by atoms with Gasteiger partial charge in [0.05, 0.1) is 6.04 Å². The van der Waals surface area contributed by atoms with Crippen molar-refractivity contribution in [2.75, 3.05) is 6.54 Å². The van der Waals surface area contributed by atoms with Crippen LogP contribution in [0.2, 0.25) is 0 Å². The Balaban J connectivity index is 2.75. The first-order chi connectivity index (χ1) is 7.85. The van der Waals surface area contributed by atoms with Crippen molar-refractivity contribution in [1.29, 1.82) is 0 Å². The average molecular weight is 263 g/mol. The molecule has 1 N–H and O–H groups in total. The van der Waals surface area contributed by atoms with Crippen molar-refractivity contribution in [2.45, 2.75) is 51.7 Å². The summed E-state index contributed by atoms with van der Waals surface area (Å²) in [5.74, 6) is 0. The zero-order valence-electron chi connectivity index (χ0n) is 10.4. The van der Waals surface area contributed by atoms with Crippen LogP contribution in [0, 0.1) is 0 Å². The normalized spacial score (nSPS) is 22.5. The summed E-state index contributed by atoms with van der Waals surface area (Å²) in [5.41, 5.74) is -0.540. The number of amides is 1. The van der Waals surface area contributed by atoms with Crippen LogP contribution in [0.3, 0.4) is 0 Å². The van der Waals surface area contributed by atoms with E-state index >= 15 is 0 Å². The maximum absolute atomic E-state index is 12.0. The first-order valence-corrected chi connectivity index (χ1v) is 6.10. The summed E-state index contributed by atoms with van der Waals surface area (Å²) in [6.45, 7) is 6.01. The summed E-state index contributed by atoms with van der Waals surface area (Å²) in [4.78, 5) is 13.5. The Labute approximate surface area is 106 Å². The molecule has 1 atom stereocenters. The highest BCUT2D eigenvalue weighted by Crippen LogP contribution is 2.22. The highest BCUT2D eigenvalue weighted by Gasteiger charge is 2.33. The van der Waals surface area contributed by atoms with Crippen molar-refractivity contribution in [3.8, 4) is 0 Å². The summed E-state index contributed by atoms with van der Waals surface area (Å²) in [6, 6.07) is -0.370. The average Bonchev–Trinajstić information content (AvgIpc) is 2.25. The molecule has 1 rings (SSSR count). The minimum absolute atomic E-state index is 0.0376. The van der Waals surface area contributed by atoms with Crippen LogP contribution < -0.4 is 0 Å². The third-order valence-electron chi connectivity index (χ3n) is 2.50. The Morgan fingerprint density at radius 3 is 2.65 bits per heavy atom. The minimum atomic E-state index is -0.540. The standard InChI is InChI=1S/C11H19ClN2O3/c1-11(2,3)17-10(15)14-7-5-4-6-8(14)9(12)13-16/h8,16H,4-7H2,1-3H3/b13-9-. The molecule has 17 heavy (non-hydrogen) atoms. The lowest BCUT2D eigenvalue weighted by Gasteiger charge is -2.35. The number of oxime groups is 1. The number of likely N-dealkylation sites (tertiary alicyclic amines) is 1. The van der Waals surface area contributed by atoms with Crippen molar-refractivity contribution in [3.63, 3.8) is 0 Å². The van der Waals surface area contributed by atoms with Crippen molar-refractivity contribution < 1.29 is 14.7 Å². The zero-order chi connectivity index (χ0) is 13.1. The topological polar surface area (TPSA) is 62.1 Å². The molecule has 1 aliphatic rings. The summed E-state index contributed by atoms with van der Waals surface area (Å²) in [5, 5.41) is 11.7. The number of ether oxygens (including phenoxy) is 1. The predicted molar refractivity (Wildman–Crippen MR) is 65.7 cm³/mol. The van der Waals surface area contributed by atoms with Gasteiger partial charge < -0.3 is 9.94 Å². The van der Waals surface area contributed by atoms with Crippen molar-refractivity contribution in [3.05, 3.63) is 0 Å². The molecule has 1 aliphatic heterocycles. The predicted octanol–water partition coefficient (Wildman–Crippen LogP) is 2.80. The first kappa shape index (κ1) is 14.1. The number of halogens is 1. The molecule has 1 fully saturated rings. The Morgan fingerprint density at radius 2 is 2.12 bits per heavy atom. The summed E-state index contributed by atoms with van der Waals surface area (Å²) < 4.78 is 5.29. The molecule has 5 nitrogen and oxygen atoms in total. The van der Waals surface area contributed by atoms with Gasteiger partial charge in [0.15, 0.2) is 5.17 Å². The molecule has 0 aliphatic carbocycles. The van der Waals surface area contributed by atoms with Crippen LogP contribution in [-0.4, -0.2) is 39.6 Å². The maximum atomic E-state index is 12.0. The largest absolute Gasteiger partial charge is 0.444 e. The SMILES string of the molecule is CC(C)(C)OC(=O)N1CCCCC1/C(Cl)=N/O. The lowest BCUT2D eigenvalue weighted by Crippen LogP contribution is -2.48. The van der Waals surface area contributed by atoms with Crippen LogP contribution in [0.4, 0.5) is 4.79 Å². The van der Waals surface area contributed by atoms with Gasteiger partial charge in [0, 0.05) is 6.54 Å². The van der Waals surface area contributed by atoms with Crippen LogP contribution in [0.5, 0.6) is 0 Å². The molecular weight excluding hydrogens is 244 g/mol. The lowest BCUT2D eigenvalue weighted by molar-refractivity contribution is 0.0167. The van der Waals surface area contributed by atoms with E-state index in [1.807, 2.05) is 20.8 Å². The van der Waals surface area contributed by atoms with Gasteiger partial charge in [0.2, 0.25) is 0 Å². The molecule has 1 heterocycles. The molecule has 1 amide bonds. The zero-order valence-corrected chi connectivity index (χ0v) is 11.2. The highest BCUT2D eigenvalue weighted by atomic mass is 35.5. The van der Waals surface area contributed by atoms with Crippen LogP contribution in [0.25, 0.3) is 0 Å². The van der Waals surface area contributed by atoms with E-state index in [2.05, 4.69) is 5.16 Å². The Kier molecular flexibility index (Phi) is 4.62. The van der Waals surface area contributed by atoms with Crippen molar-refractivity contribution >= 4 is 22.9 Å². The fourth-order valence-electron chi connectivity index (χ4n) is 1.78. The third-order valence-corrected chi connectivity index (χ3v) is 2.83. The molecular formula is C11H19ClN2O3. The second-order valence-corrected chi connectivity index (χ2v) is 5.50. The molecule has 98 valence electrons. The van der Waals surface area contributed by atoms with E-state index in [1.54, 1.807) is 0 Å². The second kappa shape index (κ2) is 5.58. The first-order valence-electron chi connectivity index (χ1n) is 5.72. The molecule has 0 spiro atoms. The minimum Gasteiger partial charge on any atom is -0.444 e. The Morgan fingerprint density at radius 1 is 1.47 bits per heavy atom. The van der Waals surface area contributed by atoms with Gasteiger partial charge in [0.1, 0.15) is 5.60 Å². The van der Waals surface area contributed by atoms with Crippen LogP contribution in [-0.2, 0) is 4.74 Å². The van der Waals surface area contributed by atoms with Gasteiger partial charge in [-0.25, -0.2) is 4.79 Å². The van der Waals surface area contributed by atoms with Gasteiger partial charge in [-0.2, -0.15) is 0 Å². The highest BCUT2D eigenvalue weighted by molar-refractivity contribution is 6.66. The molecule has 1 saturated heterocycles. The second-order valence-electron chi connectivity index (χ2n) is 5.11. The van der Waals surface area contributed by atoms with E-state index in [-0.39, 0.29) is 11.2 Å². The summed E-state index contributed by atoms with van der Waals surface area (Å²) in [7, 11) is 0. The molecule has 0 aromatic heterocycles. The van der Waals surface area contributed by atoms with E-state index in [0.29, 0.717) is 13.0 Å². The van der Waals surface area contributed by atoms with Crippen LogP contribution in [0.15, 0.2) is 5.16 Å². The number of piperidine rings is 1. The van der Waals surface area contributed by atoms with Gasteiger partial charge in [-0.15, -0.1) is 0 Å². The summed E-state index contributed by atoms with van der Waals surface area (Å²) in [6.07, 6.45) is 2.15. The van der Waals surface area contributed by atoms with Gasteiger partial charge in [-0.1, -0.05) is 16.8 Å². The molecule has 0 saturated carbocycles. The third kappa shape index (κ3) is 4.07. The van der Waals surface area contributed by atoms with E-state index < -0.39 is 11.7 Å². The van der Waals surface area contributed by atoms with Gasteiger partial charge in [-0.05, 0) is 40.0 Å². The van der Waals surface area contributed by atoms with E-state index in [4.69, 9.17) is 21.5 Å². The van der Waals surface area contributed by atoms with Crippen LogP contribution in [0.1, 0.15) is 40.0 Å². The van der Waals surface area contributed by atoms with Crippen LogP contribution >= 0.6 is 11.6 Å². The Bertz CT molecular complexity index is 312.